The van der Waals surface area contributed by atoms with Crippen LogP contribution in [0.1, 0.15) is 0 Å². The summed E-state index contributed by atoms with van der Waals surface area (Å²) in [5.41, 5.74) is 0. The van der Waals surface area contributed by atoms with E-state index in [1.165, 1.54) is 29.9 Å². The molecule has 0 amide bonds. The van der Waals surface area contributed by atoms with Crippen LogP contribution in [0, 0.1) is 0 Å². The first-order chi connectivity index (χ1) is 7.78. The van der Waals surface area contributed by atoms with Crippen molar-refractivity contribution < 1.29 is 0 Å². The molecule has 2 aromatic heterocycles. The lowest BCUT2D eigenvalue weighted by atomic mass is 10.7. The molecular formula is C9H7ClN4S2. The molecule has 0 saturated heterocycles. The van der Waals surface area contributed by atoms with Gasteiger partial charge < -0.3 is 0 Å². The van der Waals surface area contributed by atoms with Gasteiger partial charge in [0.15, 0.2) is 5.16 Å². The molecule has 0 unspecified atom stereocenters. The van der Waals surface area contributed by atoms with Crippen LogP contribution in [0.15, 0.2) is 39.9 Å². The molecule has 0 aliphatic carbocycles. The minimum Gasteiger partial charge on any atom is -0.245 e. The van der Waals surface area contributed by atoms with Crippen molar-refractivity contribution in [1.29, 1.82) is 0 Å². The van der Waals surface area contributed by atoms with E-state index in [9.17, 15) is 0 Å². The first kappa shape index (κ1) is 11.6. The van der Waals surface area contributed by atoms with Gasteiger partial charge in [0.25, 0.3) is 0 Å². The van der Waals surface area contributed by atoms with E-state index in [1.54, 1.807) is 12.3 Å². The molecule has 4 nitrogen and oxygen atoms in total. The molecule has 0 spiro atoms. The van der Waals surface area contributed by atoms with Crippen LogP contribution >= 0.6 is 35.1 Å². The Bertz CT molecular complexity index is 480. The van der Waals surface area contributed by atoms with Gasteiger partial charge in [-0.25, -0.2) is 19.9 Å². The number of thioether (sulfide) groups is 1. The lowest BCUT2D eigenvalue weighted by Gasteiger charge is -2.01. The fourth-order valence-corrected chi connectivity index (χ4v) is 2.45. The van der Waals surface area contributed by atoms with Crippen LogP contribution in [-0.2, 0) is 0 Å². The van der Waals surface area contributed by atoms with Crippen molar-refractivity contribution in [2.75, 3.05) is 6.26 Å². The van der Waals surface area contributed by atoms with Gasteiger partial charge in [0.2, 0.25) is 0 Å². The molecule has 0 N–H and O–H groups in total. The Balaban J connectivity index is 2.24. The summed E-state index contributed by atoms with van der Waals surface area (Å²) in [5.74, 6) is 0. The molecule has 82 valence electrons. The maximum atomic E-state index is 5.88. The molecule has 0 saturated carbocycles. The smallest absolute Gasteiger partial charge is 0.189 e. The standard InChI is InChI=1S/C9H7ClN4S2/c1-15-9-13-6(10)4-8(14-9)16-7-2-3-11-5-12-7/h2-5H,1H3. The molecule has 0 aromatic carbocycles. The average Bonchev–Trinajstić information content (AvgIpc) is 2.29. The van der Waals surface area contributed by atoms with Crippen LogP contribution in [-0.4, -0.2) is 26.2 Å². The van der Waals surface area contributed by atoms with Gasteiger partial charge in [0.05, 0.1) is 0 Å². The summed E-state index contributed by atoms with van der Waals surface area (Å²) in [7, 11) is 0. The second kappa shape index (κ2) is 5.47. The van der Waals surface area contributed by atoms with Crippen LogP contribution in [0.4, 0.5) is 0 Å². The van der Waals surface area contributed by atoms with Gasteiger partial charge in [-0.05, 0) is 24.1 Å². The third-order valence-corrected chi connectivity index (χ3v) is 3.21. The van der Waals surface area contributed by atoms with Crippen molar-refractivity contribution in [2.24, 2.45) is 0 Å². The molecule has 16 heavy (non-hydrogen) atoms. The molecule has 0 bridgehead atoms. The number of hydrogen-bond donors (Lipinski definition) is 0. The number of halogens is 1. The Labute approximate surface area is 106 Å². The van der Waals surface area contributed by atoms with Crippen molar-refractivity contribution in [2.45, 2.75) is 15.2 Å². The lowest BCUT2D eigenvalue weighted by molar-refractivity contribution is 0.891. The Morgan fingerprint density at radius 3 is 2.81 bits per heavy atom. The Morgan fingerprint density at radius 2 is 2.12 bits per heavy atom. The van der Waals surface area contributed by atoms with E-state index in [-0.39, 0.29) is 0 Å². The summed E-state index contributed by atoms with van der Waals surface area (Å²) in [6.45, 7) is 0. The predicted molar refractivity (Wildman–Crippen MR) is 65.0 cm³/mol. The van der Waals surface area contributed by atoms with Gasteiger partial charge in [-0.15, -0.1) is 0 Å². The fourth-order valence-electron chi connectivity index (χ4n) is 0.967. The summed E-state index contributed by atoms with van der Waals surface area (Å²) in [4.78, 5) is 16.3. The van der Waals surface area contributed by atoms with Crippen LogP contribution in [0.3, 0.4) is 0 Å². The number of hydrogen-bond acceptors (Lipinski definition) is 6. The summed E-state index contributed by atoms with van der Waals surface area (Å²) in [6.07, 6.45) is 5.10. The molecule has 0 aliphatic rings. The molecule has 7 heteroatoms. The van der Waals surface area contributed by atoms with E-state index in [1.807, 2.05) is 12.3 Å². The van der Waals surface area contributed by atoms with Gasteiger partial charge in [0, 0.05) is 12.3 Å². The van der Waals surface area contributed by atoms with Gasteiger partial charge >= 0.3 is 0 Å². The third-order valence-electron chi connectivity index (χ3n) is 1.60. The first-order valence-corrected chi connectivity index (χ1v) is 6.72. The van der Waals surface area contributed by atoms with Gasteiger partial charge in [-0.1, -0.05) is 23.4 Å². The molecule has 0 aliphatic heterocycles. The monoisotopic (exact) mass is 270 g/mol. The van der Waals surface area contributed by atoms with E-state index >= 15 is 0 Å². The van der Waals surface area contributed by atoms with Crippen LogP contribution < -0.4 is 0 Å². The Hall–Kier alpha value is -0.850. The van der Waals surface area contributed by atoms with Gasteiger partial charge in [0.1, 0.15) is 21.5 Å². The van der Waals surface area contributed by atoms with Crippen molar-refractivity contribution in [3.63, 3.8) is 0 Å². The maximum absolute atomic E-state index is 5.88. The summed E-state index contributed by atoms with van der Waals surface area (Å²) in [6, 6.07) is 3.54. The van der Waals surface area contributed by atoms with Crippen LogP contribution in [0.2, 0.25) is 5.15 Å². The highest BCUT2D eigenvalue weighted by atomic mass is 35.5. The van der Waals surface area contributed by atoms with Crippen molar-refractivity contribution in [3.05, 3.63) is 29.8 Å². The molecule has 0 fully saturated rings. The van der Waals surface area contributed by atoms with E-state index in [0.717, 1.165) is 10.1 Å². The van der Waals surface area contributed by atoms with Crippen molar-refractivity contribution in [1.82, 2.24) is 19.9 Å². The average molecular weight is 271 g/mol. The second-order valence-electron chi connectivity index (χ2n) is 2.67. The minimum absolute atomic E-state index is 0.441. The van der Waals surface area contributed by atoms with E-state index in [4.69, 9.17) is 11.6 Å². The highest BCUT2D eigenvalue weighted by Crippen LogP contribution is 2.26. The Kier molecular flexibility index (Phi) is 3.98. The van der Waals surface area contributed by atoms with Crippen molar-refractivity contribution in [3.8, 4) is 0 Å². The quantitative estimate of drug-likeness (QED) is 0.486. The maximum Gasteiger partial charge on any atom is 0.189 e. The predicted octanol–water partition coefficient (Wildman–Crippen LogP) is 2.79. The van der Waals surface area contributed by atoms with E-state index < -0.39 is 0 Å². The van der Waals surface area contributed by atoms with Gasteiger partial charge in [-0.3, -0.25) is 0 Å². The van der Waals surface area contributed by atoms with Crippen molar-refractivity contribution >= 4 is 35.1 Å². The second-order valence-corrected chi connectivity index (χ2v) is 4.87. The summed E-state index contributed by atoms with van der Waals surface area (Å²) in [5, 5.41) is 2.71. The third kappa shape index (κ3) is 3.07. The molecule has 0 atom stereocenters. The molecule has 2 rings (SSSR count). The summed E-state index contributed by atoms with van der Waals surface area (Å²) < 4.78 is 0. The largest absolute Gasteiger partial charge is 0.245 e. The lowest BCUT2D eigenvalue weighted by Crippen LogP contribution is -1.89. The first-order valence-electron chi connectivity index (χ1n) is 4.30. The SMILES string of the molecule is CSc1nc(Cl)cc(Sc2ccncn2)n1. The Morgan fingerprint density at radius 1 is 1.25 bits per heavy atom. The molecule has 2 heterocycles. The van der Waals surface area contributed by atoms with Crippen LogP contribution in [0.5, 0.6) is 0 Å². The molecular weight excluding hydrogens is 264 g/mol. The highest BCUT2D eigenvalue weighted by Gasteiger charge is 2.04. The zero-order valence-electron chi connectivity index (χ0n) is 8.29. The summed E-state index contributed by atoms with van der Waals surface area (Å²) >= 11 is 8.77. The zero-order chi connectivity index (χ0) is 11.4. The normalized spacial score (nSPS) is 10.4. The molecule has 2 aromatic rings. The highest BCUT2D eigenvalue weighted by molar-refractivity contribution is 7.99. The minimum atomic E-state index is 0.441. The fraction of sp³-hybridized carbons (Fsp3) is 0.111. The topological polar surface area (TPSA) is 51.6 Å². The zero-order valence-corrected chi connectivity index (χ0v) is 10.7. The number of nitrogens with zero attached hydrogens (tertiary/aromatic N) is 4. The van der Waals surface area contributed by atoms with E-state index in [0.29, 0.717) is 10.3 Å². The number of rotatable bonds is 3. The van der Waals surface area contributed by atoms with E-state index in [2.05, 4.69) is 19.9 Å². The number of aromatic nitrogens is 4. The molecule has 0 radical (unpaired) electrons. The van der Waals surface area contributed by atoms with Gasteiger partial charge in [-0.2, -0.15) is 0 Å². The van der Waals surface area contributed by atoms with Crippen LogP contribution in [0.25, 0.3) is 0 Å².